The van der Waals surface area contributed by atoms with Gasteiger partial charge in [0.25, 0.3) is 20.2 Å². The van der Waals surface area contributed by atoms with E-state index in [0.29, 0.717) is 0 Å². The molecule has 0 amide bonds. The van der Waals surface area contributed by atoms with Crippen molar-refractivity contribution in [3.05, 3.63) is 0 Å². The summed E-state index contributed by atoms with van der Waals surface area (Å²) in [6, 6.07) is 0. The molecule has 0 fully saturated rings. The van der Waals surface area contributed by atoms with Gasteiger partial charge in [0.15, 0.2) is 0 Å². The second kappa shape index (κ2) is 6.64. The van der Waals surface area contributed by atoms with Crippen LogP contribution in [-0.4, -0.2) is 50.2 Å². The monoisotopic (exact) mass is 290 g/mol. The van der Waals surface area contributed by atoms with E-state index in [0.717, 1.165) is 0 Å². The molecule has 7 nitrogen and oxygen atoms in total. The summed E-state index contributed by atoms with van der Waals surface area (Å²) in [5.41, 5.74) is 0. The summed E-state index contributed by atoms with van der Waals surface area (Å²) < 4.78 is 57.0. The van der Waals surface area contributed by atoms with Gasteiger partial charge < -0.3 is 5.11 Å². The molecular formula is C8H18O7S2. The van der Waals surface area contributed by atoms with Crippen LogP contribution in [0.5, 0.6) is 0 Å². The lowest BCUT2D eigenvalue weighted by molar-refractivity contribution is 0.157. The molecule has 0 bridgehead atoms. The van der Waals surface area contributed by atoms with E-state index in [2.05, 4.69) is 4.18 Å². The molecule has 0 aliphatic carbocycles. The van der Waals surface area contributed by atoms with Crippen LogP contribution in [0.25, 0.3) is 0 Å². The number of aliphatic hydroxyl groups is 1. The summed E-state index contributed by atoms with van der Waals surface area (Å²) in [5.74, 6) is -0.492. The van der Waals surface area contributed by atoms with Gasteiger partial charge in [0.05, 0.1) is 23.7 Å². The van der Waals surface area contributed by atoms with Crippen LogP contribution in [-0.2, 0) is 24.4 Å². The normalized spacial score (nSPS) is 16.7. The molecule has 0 spiro atoms. The van der Waals surface area contributed by atoms with Crippen molar-refractivity contribution in [2.45, 2.75) is 38.0 Å². The van der Waals surface area contributed by atoms with Gasteiger partial charge >= 0.3 is 0 Å². The van der Waals surface area contributed by atoms with Crippen LogP contribution in [0.15, 0.2) is 0 Å². The van der Waals surface area contributed by atoms with Crippen LogP contribution < -0.4 is 0 Å². The second-order valence-electron chi connectivity index (χ2n) is 3.84. The van der Waals surface area contributed by atoms with Gasteiger partial charge in [0.2, 0.25) is 0 Å². The average Bonchev–Trinajstić information content (AvgIpc) is 2.11. The van der Waals surface area contributed by atoms with Crippen molar-refractivity contribution < 1.29 is 30.7 Å². The Morgan fingerprint density at radius 3 is 2.06 bits per heavy atom. The van der Waals surface area contributed by atoms with Gasteiger partial charge in [-0.3, -0.25) is 8.74 Å². The van der Waals surface area contributed by atoms with Crippen molar-refractivity contribution in [3.63, 3.8) is 0 Å². The molecule has 104 valence electrons. The van der Waals surface area contributed by atoms with Crippen LogP contribution >= 0.6 is 0 Å². The summed E-state index contributed by atoms with van der Waals surface area (Å²) in [4.78, 5) is 0. The minimum atomic E-state index is -4.22. The number of hydrogen-bond acceptors (Lipinski definition) is 6. The Morgan fingerprint density at radius 1 is 1.12 bits per heavy atom. The lowest BCUT2D eigenvalue weighted by Gasteiger charge is -2.09. The molecule has 9 heteroatoms. The van der Waals surface area contributed by atoms with Crippen molar-refractivity contribution in [3.8, 4) is 0 Å². The van der Waals surface area contributed by atoms with E-state index in [9.17, 15) is 16.8 Å². The Labute approximate surface area is 102 Å². The lowest BCUT2D eigenvalue weighted by atomic mass is 10.3. The Morgan fingerprint density at radius 2 is 1.65 bits per heavy atom. The zero-order chi connectivity index (χ0) is 13.7. The van der Waals surface area contributed by atoms with E-state index in [1.54, 1.807) is 0 Å². The van der Waals surface area contributed by atoms with Gasteiger partial charge in [-0.15, -0.1) is 0 Å². The lowest BCUT2D eigenvalue weighted by Crippen LogP contribution is -2.22. The predicted molar refractivity (Wildman–Crippen MR) is 61.7 cm³/mol. The average molecular weight is 290 g/mol. The standard InChI is InChI=1S/C8H18O7S2/c1-7(9)3-5-15-16(10,11)6-4-8(2)17(12,13)14/h7-9H,3-6H2,1-2H3,(H,12,13,14). The molecule has 0 aromatic heterocycles. The number of rotatable bonds is 8. The maximum absolute atomic E-state index is 11.3. The van der Waals surface area contributed by atoms with Crippen LogP contribution in [0.4, 0.5) is 0 Å². The Kier molecular flexibility index (Phi) is 6.56. The molecule has 0 aromatic carbocycles. The Hall–Kier alpha value is -0.220. The quantitative estimate of drug-likeness (QED) is 0.468. The third-order valence-corrected chi connectivity index (χ3v) is 4.60. The first-order valence-corrected chi connectivity index (χ1v) is 8.14. The maximum Gasteiger partial charge on any atom is 0.267 e. The first-order valence-electron chi connectivity index (χ1n) is 5.06. The zero-order valence-electron chi connectivity index (χ0n) is 9.74. The van der Waals surface area contributed by atoms with Crippen molar-refractivity contribution in [2.24, 2.45) is 0 Å². The SMILES string of the molecule is CC(O)CCOS(=O)(=O)CCC(C)S(=O)(=O)O. The number of hydrogen-bond donors (Lipinski definition) is 2. The minimum Gasteiger partial charge on any atom is -0.393 e. The highest BCUT2D eigenvalue weighted by Gasteiger charge is 2.21. The topological polar surface area (TPSA) is 118 Å². The molecule has 0 rings (SSSR count). The van der Waals surface area contributed by atoms with Gasteiger partial charge in [0.1, 0.15) is 0 Å². The fourth-order valence-electron chi connectivity index (χ4n) is 0.864. The largest absolute Gasteiger partial charge is 0.393 e. The highest BCUT2D eigenvalue weighted by atomic mass is 32.2. The molecule has 0 heterocycles. The van der Waals surface area contributed by atoms with Crippen molar-refractivity contribution in [1.29, 1.82) is 0 Å². The third kappa shape index (κ3) is 8.50. The predicted octanol–water partition coefficient (Wildman–Crippen LogP) is -0.230. The van der Waals surface area contributed by atoms with Crippen LogP contribution in [0.3, 0.4) is 0 Å². The molecule has 2 unspecified atom stereocenters. The van der Waals surface area contributed by atoms with Gasteiger partial charge in [-0.05, 0) is 26.7 Å². The summed E-state index contributed by atoms with van der Waals surface area (Å²) in [7, 11) is -8.04. The highest BCUT2D eigenvalue weighted by molar-refractivity contribution is 7.87. The molecule has 0 saturated heterocycles. The Bertz CT molecular complexity index is 409. The molecule has 0 aromatic rings. The fourth-order valence-corrected chi connectivity index (χ4v) is 2.54. The number of aliphatic hydroxyl groups excluding tert-OH is 1. The molecule has 2 atom stereocenters. The van der Waals surface area contributed by atoms with E-state index in [1.807, 2.05) is 0 Å². The van der Waals surface area contributed by atoms with Crippen molar-refractivity contribution in [2.75, 3.05) is 12.4 Å². The van der Waals surface area contributed by atoms with Crippen molar-refractivity contribution in [1.82, 2.24) is 0 Å². The molecule has 2 N–H and O–H groups in total. The molecule has 0 aliphatic rings. The van der Waals surface area contributed by atoms with Gasteiger partial charge in [-0.1, -0.05) is 0 Å². The highest BCUT2D eigenvalue weighted by Crippen LogP contribution is 2.07. The molecule has 17 heavy (non-hydrogen) atoms. The van der Waals surface area contributed by atoms with Gasteiger partial charge in [-0.2, -0.15) is 16.8 Å². The summed E-state index contributed by atoms with van der Waals surface area (Å²) in [6.07, 6.45) is -0.731. The fraction of sp³-hybridized carbons (Fsp3) is 1.00. The first kappa shape index (κ1) is 16.8. The van der Waals surface area contributed by atoms with E-state index in [4.69, 9.17) is 9.66 Å². The first-order chi connectivity index (χ1) is 7.54. The smallest absolute Gasteiger partial charge is 0.267 e. The molecule has 0 aliphatic heterocycles. The third-order valence-electron chi connectivity index (χ3n) is 2.08. The van der Waals surface area contributed by atoms with Crippen LogP contribution in [0.1, 0.15) is 26.7 Å². The molecule has 0 saturated carbocycles. The minimum absolute atomic E-state index is 0.153. The van der Waals surface area contributed by atoms with E-state index < -0.39 is 37.3 Å². The van der Waals surface area contributed by atoms with E-state index >= 15 is 0 Å². The molecule has 0 radical (unpaired) electrons. The second-order valence-corrected chi connectivity index (χ2v) is 7.43. The maximum atomic E-state index is 11.3. The van der Waals surface area contributed by atoms with Crippen molar-refractivity contribution >= 4 is 20.2 Å². The summed E-state index contributed by atoms with van der Waals surface area (Å²) >= 11 is 0. The van der Waals surface area contributed by atoms with E-state index in [-0.39, 0.29) is 19.4 Å². The van der Waals surface area contributed by atoms with E-state index in [1.165, 1.54) is 13.8 Å². The molecular weight excluding hydrogens is 272 g/mol. The summed E-state index contributed by atoms with van der Waals surface area (Å²) in [6.45, 7) is 2.55. The zero-order valence-corrected chi connectivity index (χ0v) is 11.4. The van der Waals surface area contributed by atoms with Gasteiger partial charge in [0, 0.05) is 0 Å². The van der Waals surface area contributed by atoms with Gasteiger partial charge in [-0.25, -0.2) is 0 Å². The Balaban J connectivity index is 4.11. The van der Waals surface area contributed by atoms with Crippen LogP contribution in [0, 0.1) is 0 Å². The van der Waals surface area contributed by atoms with Crippen LogP contribution in [0.2, 0.25) is 0 Å². The summed E-state index contributed by atoms with van der Waals surface area (Å²) in [5, 5.41) is 7.73.